The Bertz CT molecular complexity index is 1590. The molecule has 9 nitrogen and oxygen atoms in total. The Morgan fingerprint density at radius 3 is 2.13 bits per heavy atom. The second-order valence-electron chi connectivity index (χ2n) is 8.76. The largest absolute Gasteiger partial charge is 0.493 e. The summed E-state index contributed by atoms with van der Waals surface area (Å²) in [6.07, 6.45) is 0.700. The summed E-state index contributed by atoms with van der Waals surface area (Å²) in [5.74, 6) is 1.52. The smallest absolute Gasteiger partial charge is 0.257 e. The van der Waals surface area contributed by atoms with E-state index < -0.39 is 0 Å². The van der Waals surface area contributed by atoms with Gasteiger partial charge in [0.1, 0.15) is 16.9 Å². The number of benzene rings is 3. The molecule has 38 heavy (non-hydrogen) atoms. The van der Waals surface area contributed by atoms with Crippen LogP contribution in [0.15, 0.2) is 66.7 Å². The zero-order valence-corrected chi connectivity index (χ0v) is 21.5. The standard InChI is InChI=1S/C29H29N5O4/c1-36-22-15-19(16-23(37-2)26(22)38-3)17-34-27(30)24(29(35)31-14-13-18-9-5-4-6-10-18)25-28(34)33-21-12-8-7-11-20(21)32-25/h4-12,15-16H,13-14,17,30H2,1-3H3,(H,31,35). The van der Waals surface area contributed by atoms with Crippen molar-refractivity contribution in [3.63, 3.8) is 0 Å². The van der Waals surface area contributed by atoms with Crippen molar-refractivity contribution < 1.29 is 19.0 Å². The molecule has 2 heterocycles. The van der Waals surface area contributed by atoms with E-state index in [1.165, 1.54) is 0 Å². The Balaban J connectivity index is 1.56. The number of nitrogens with zero attached hydrogens (tertiary/aromatic N) is 3. The quantitative estimate of drug-likeness (QED) is 0.305. The molecule has 0 spiro atoms. The third-order valence-corrected chi connectivity index (χ3v) is 6.43. The van der Waals surface area contributed by atoms with Gasteiger partial charge in [0.15, 0.2) is 17.1 Å². The van der Waals surface area contributed by atoms with E-state index in [4.69, 9.17) is 29.9 Å². The van der Waals surface area contributed by atoms with E-state index in [0.29, 0.717) is 64.5 Å². The third kappa shape index (κ3) is 4.66. The second kappa shape index (κ2) is 10.7. The maximum absolute atomic E-state index is 13.4. The van der Waals surface area contributed by atoms with Gasteiger partial charge in [-0.05, 0) is 41.8 Å². The van der Waals surface area contributed by atoms with Crippen molar-refractivity contribution in [3.05, 3.63) is 83.4 Å². The number of carbonyl (C=O) groups is 1. The number of nitrogens with two attached hydrogens (primary N) is 1. The molecule has 0 saturated heterocycles. The van der Waals surface area contributed by atoms with Gasteiger partial charge in [-0.2, -0.15) is 0 Å². The van der Waals surface area contributed by atoms with Gasteiger partial charge in [-0.1, -0.05) is 42.5 Å². The fourth-order valence-corrected chi connectivity index (χ4v) is 4.56. The van der Waals surface area contributed by atoms with E-state index in [9.17, 15) is 4.79 Å². The predicted octanol–water partition coefficient (Wildman–Crippen LogP) is 4.21. The lowest BCUT2D eigenvalue weighted by Crippen LogP contribution is -2.26. The van der Waals surface area contributed by atoms with Gasteiger partial charge in [-0.3, -0.25) is 4.79 Å². The molecule has 5 aromatic rings. The van der Waals surface area contributed by atoms with Gasteiger partial charge in [0.05, 0.1) is 38.9 Å². The number of para-hydroxylation sites is 2. The number of ether oxygens (including phenoxy) is 3. The van der Waals surface area contributed by atoms with Gasteiger partial charge in [0.25, 0.3) is 5.91 Å². The highest BCUT2D eigenvalue weighted by molar-refractivity contribution is 6.10. The zero-order valence-electron chi connectivity index (χ0n) is 21.5. The van der Waals surface area contributed by atoms with Crippen LogP contribution >= 0.6 is 0 Å². The first-order chi connectivity index (χ1) is 18.5. The number of amides is 1. The van der Waals surface area contributed by atoms with Crippen LogP contribution in [-0.2, 0) is 13.0 Å². The van der Waals surface area contributed by atoms with Gasteiger partial charge in [-0.25, -0.2) is 9.97 Å². The van der Waals surface area contributed by atoms with Crippen molar-refractivity contribution in [1.82, 2.24) is 19.9 Å². The zero-order chi connectivity index (χ0) is 26.6. The fourth-order valence-electron chi connectivity index (χ4n) is 4.56. The number of hydrogen-bond donors (Lipinski definition) is 2. The molecule has 0 saturated carbocycles. The maximum atomic E-state index is 13.4. The van der Waals surface area contributed by atoms with Crippen LogP contribution < -0.4 is 25.3 Å². The van der Waals surface area contributed by atoms with E-state index in [1.54, 1.807) is 25.9 Å². The van der Waals surface area contributed by atoms with Crippen molar-refractivity contribution in [1.29, 1.82) is 0 Å². The first-order valence-corrected chi connectivity index (χ1v) is 12.2. The SMILES string of the molecule is COc1cc(Cn2c(N)c(C(=O)NCCc3ccccc3)c3nc4ccccc4nc32)cc(OC)c1OC. The molecule has 5 rings (SSSR count). The average Bonchev–Trinajstić information content (AvgIpc) is 3.21. The number of rotatable bonds is 9. The molecule has 1 amide bonds. The fraction of sp³-hybridized carbons (Fsp3) is 0.207. The van der Waals surface area contributed by atoms with Crippen LogP contribution in [0.3, 0.4) is 0 Å². The molecule has 3 aromatic carbocycles. The number of hydrogen-bond acceptors (Lipinski definition) is 7. The van der Waals surface area contributed by atoms with Crippen LogP contribution in [0, 0.1) is 0 Å². The molecule has 0 aliphatic heterocycles. The summed E-state index contributed by atoms with van der Waals surface area (Å²) in [5, 5.41) is 3.00. The molecular weight excluding hydrogens is 482 g/mol. The van der Waals surface area contributed by atoms with Gasteiger partial charge in [0.2, 0.25) is 5.75 Å². The molecule has 9 heteroatoms. The third-order valence-electron chi connectivity index (χ3n) is 6.43. The Hall–Kier alpha value is -4.79. The summed E-state index contributed by atoms with van der Waals surface area (Å²) in [6.45, 7) is 0.770. The van der Waals surface area contributed by atoms with Crippen LogP contribution in [0.1, 0.15) is 21.5 Å². The highest BCUT2D eigenvalue weighted by Gasteiger charge is 2.24. The van der Waals surface area contributed by atoms with Gasteiger partial charge in [0, 0.05) is 6.54 Å². The van der Waals surface area contributed by atoms with Crippen molar-refractivity contribution >= 4 is 33.9 Å². The van der Waals surface area contributed by atoms with Crippen molar-refractivity contribution in [2.75, 3.05) is 33.6 Å². The Labute approximate surface area is 220 Å². The van der Waals surface area contributed by atoms with E-state index >= 15 is 0 Å². The van der Waals surface area contributed by atoms with Crippen LogP contribution in [0.25, 0.3) is 22.2 Å². The predicted molar refractivity (Wildman–Crippen MR) is 147 cm³/mol. The van der Waals surface area contributed by atoms with Crippen LogP contribution in [-0.4, -0.2) is 48.3 Å². The lowest BCUT2D eigenvalue weighted by molar-refractivity contribution is 0.0956. The number of carbonyl (C=O) groups excluding carboxylic acids is 1. The van der Waals surface area contributed by atoms with Crippen LogP contribution in [0.4, 0.5) is 5.82 Å². The van der Waals surface area contributed by atoms with Gasteiger partial charge >= 0.3 is 0 Å². The van der Waals surface area contributed by atoms with Crippen LogP contribution in [0.2, 0.25) is 0 Å². The maximum Gasteiger partial charge on any atom is 0.257 e. The topological polar surface area (TPSA) is 114 Å². The van der Waals surface area contributed by atoms with E-state index in [-0.39, 0.29) is 11.7 Å². The molecule has 0 aliphatic carbocycles. The molecule has 0 unspecified atom stereocenters. The number of aromatic nitrogens is 3. The number of nitrogens with one attached hydrogen (secondary N) is 1. The van der Waals surface area contributed by atoms with Gasteiger partial charge in [-0.15, -0.1) is 0 Å². The minimum absolute atomic E-state index is 0.279. The van der Waals surface area contributed by atoms with Crippen molar-refractivity contribution in [2.45, 2.75) is 13.0 Å². The highest BCUT2D eigenvalue weighted by Crippen LogP contribution is 2.39. The highest BCUT2D eigenvalue weighted by atomic mass is 16.5. The Morgan fingerprint density at radius 2 is 1.50 bits per heavy atom. The average molecular weight is 512 g/mol. The summed E-state index contributed by atoms with van der Waals surface area (Å²) < 4.78 is 18.3. The molecule has 0 radical (unpaired) electrons. The number of fused-ring (bicyclic) bond motifs is 2. The van der Waals surface area contributed by atoms with E-state index in [0.717, 1.165) is 11.1 Å². The number of nitrogen functional groups attached to an aromatic ring is 1. The monoisotopic (exact) mass is 511 g/mol. The first kappa shape index (κ1) is 24.9. The van der Waals surface area contributed by atoms with Crippen LogP contribution in [0.5, 0.6) is 17.2 Å². The molecule has 3 N–H and O–H groups in total. The van der Waals surface area contributed by atoms with Crippen molar-refractivity contribution in [3.8, 4) is 17.2 Å². The Morgan fingerprint density at radius 1 is 0.868 bits per heavy atom. The summed E-state index contributed by atoms with van der Waals surface area (Å²) in [7, 11) is 4.69. The first-order valence-electron chi connectivity index (χ1n) is 12.2. The molecule has 0 atom stereocenters. The lowest BCUT2D eigenvalue weighted by atomic mass is 10.1. The molecule has 0 fully saturated rings. The summed E-state index contributed by atoms with van der Waals surface area (Å²) in [5.41, 5.74) is 11.3. The summed E-state index contributed by atoms with van der Waals surface area (Å²) in [6, 6.07) is 21.2. The molecule has 0 bridgehead atoms. The molecule has 2 aromatic heterocycles. The lowest BCUT2D eigenvalue weighted by Gasteiger charge is -2.15. The Kier molecular flexibility index (Phi) is 6.99. The summed E-state index contributed by atoms with van der Waals surface area (Å²) in [4.78, 5) is 23.1. The molecule has 0 aliphatic rings. The number of methoxy groups -OCH3 is 3. The van der Waals surface area contributed by atoms with Gasteiger partial charge < -0.3 is 29.8 Å². The summed E-state index contributed by atoms with van der Waals surface area (Å²) >= 11 is 0. The number of anilines is 1. The molecule has 194 valence electrons. The van der Waals surface area contributed by atoms with Crippen molar-refractivity contribution in [2.24, 2.45) is 0 Å². The second-order valence-corrected chi connectivity index (χ2v) is 8.76. The minimum Gasteiger partial charge on any atom is -0.493 e. The molecular formula is C29H29N5O4. The normalized spacial score (nSPS) is 11.0. The van der Waals surface area contributed by atoms with E-state index in [2.05, 4.69) is 5.32 Å². The minimum atomic E-state index is -0.295. The van der Waals surface area contributed by atoms with E-state index in [1.807, 2.05) is 66.7 Å².